The van der Waals surface area contributed by atoms with E-state index in [4.69, 9.17) is 9.72 Å². The molecule has 2 aliphatic rings. The molecule has 0 radical (unpaired) electrons. The van der Waals surface area contributed by atoms with E-state index >= 15 is 0 Å². The molecule has 8 nitrogen and oxygen atoms in total. The number of sulfonamides is 1. The summed E-state index contributed by atoms with van der Waals surface area (Å²) in [4.78, 5) is 23.9. The number of aromatic nitrogens is 1. The Kier molecular flexibility index (Phi) is 6.93. The molecule has 1 aromatic heterocycles. The summed E-state index contributed by atoms with van der Waals surface area (Å²) < 4.78 is 47.5. The smallest absolute Gasteiger partial charge is 0.268 e. The van der Waals surface area contributed by atoms with Crippen LogP contribution in [0.15, 0.2) is 46.3 Å². The van der Waals surface area contributed by atoms with Crippen molar-refractivity contribution in [3.63, 3.8) is 0 Å². The van der Waals surface area contributed by atoms with Crippen molar-refractivity contribution in [1.29, 1.82) is 0 Å². The molecule has 35 heavy (non-hydrogen) atoms. The molecule has 4 rings (SSSR count). The van der Waals surface area contributed by atoms with Gasteiger partial charge in [-0.05, 0) is 70.9 Å². The van der Waals surface area contributed by atoms with Gasteiger partial charge < -0.3 is 9.64 Å². The van der Waals surface area contributed by atoms with Gasteiger partial charge in [-0.25, -0.2) is 22.5 Å². The topological polar surface area (TPSA) is 101 Å². The van der Waals surface area contributed by atoms with Gasteiger partial charge in [-0.3, -0.25) is 9.79 Å². The highest BCUT2D eigenvalue weighted by Gasteiger charge is 2.33. The first-order chi connectivity index (χ1) is 16.5. The molecular weight excluding hydrogens is 471 g/mol. The molecule has 186 valence electrons. The number of nitrogens with zero attached hydrogens (tertiary/aromatic N) is 3. The fraction of sp³-hybridized carbons (Fsp3) is 0.400. The van der Waals surface area contributed by atoms with Crippen molar-refractivity contribution in [2.45, 2.75) is 58.7 Å². The average molecular weight is 501 g/mol. The van der Waals surface area contributed by atoms with Crippen LogP contribution in [0.4, 0.5) is 10.2 Å². The average Bonchev–Trinajstić information content (AvgIpc) is 3.43. The number of halogens is 1. The molecule has 1 fully saturated rings. The first-order valence-corrected chi connectivity index (χ1v) is 13.1. The highest BCUT2D eigenvalue weighted by atomic mass is 32.2. The molecule has 2 aliphatic heterocycles. The fourth-order valence-corrected chi connectivity index (χ4v) is 5.36. The fourth-order valence-electron chi connectivity index (χ4n) is 4.39. The quantitative estimate of drug-likeness (QED) is 0.615. The van der Waals surface area contributed by atoms with Crippen LogP contribution in [-0.2, 0) is 10.0 Å². The molecular formula is C25H29FN4O4S. The number of aliphatic imine (C=N–C) groups is 1. The molecule has 3 heterocycles. The Hall–Kier alpha value is -3.27. The highest BCUT2D eigenvalue weighted by Crippen LogP contribution is 2.34. The van der Waals surface area contributed by atoms with Crippen molar-refractivity contribution in [3.8, 4) is 17.0 Å². The van der Waals surface area contributed by atoms with E-state index in [0.29, 0.717) is 22.8 Å². The molecule has 10 heteroatoms. The van der Waals surface area contributed by atoms with Gasteiger partial charge in [-0.15, -0.1) is 0 Å². The number of nitrogens with one attached hydrogen (secondary N) is 1. The minimum atomic E-state index is -4.04. The number of carbonyl (C=O) groups excluding carboxylic acids is 1. The number of allylic oxidation sites excluding steroid dienone is 1. The molecule has 2 aromatic rings. The molecule has 1 N–H and O–H groups in total. The summed E-state index contributed by atoms with van der Waals surface area (Å²) in [5, 5.41) is 0. The van der Waals surface area contributed by atoms with Crippen molar-refractivity contribution in [2.75, 3.05) is 11.4 Å². The lowest BCUT2D eigenvalue weighted by atomic mass is 10.1. The zero-order valence-corrected chi connectivity index (χ0v) is 21.0. The van der Waals surface area contributed by atoms with Crippen molar-refractivity contribution in [2.24, 2.45) is 4.99 Å². The molecule has 0 aliphatic carbocycles. The molecule has 2 atom stereocenters. The first-order valence-electron chi connectivity index (χ1n) is 11.6. The zero-order chi connectivity index (χ0) is 25.3. The van der Waals surface area contributed by atoms with Gasteiger partial charge in [0.2, 0.25) is 0 Å². The molecule has 0 unspecified atom stereocenters. The first kappa shape index (κ1) is 24.8. The Labute approximate surface area is 205 Å². The maximum Gasteiger partial charge on any atom is 0.268 e. The van der Waals surface area contributed by atoms with Crippen molar-refractivity contribution in [1.82, 2.24) is 9.71 Å². The second-order valence-electron chi connectivity index (χ2n) is 9.15. The normalized spacial score (nSPS) is 19.8. The van der Waals surface area contributed by atoms with Crippen LogP contribution >= 0.6 is 0 Å². The number of carbonyl (C=O) groups is 1. The number of hydrogen-bond donors (Lipinski definition) is 1. The van der Waals surface area contributed by atoms with E-state index in [0.717, 1.165) is 12.8 Å². The molecule has 0 spiro atoms. The molecule has 1 amide bonds. The third kappa shape index (κ3) is 5.37. The van der Waals surface area contributed by atoms with Crippen LogP contribution in [0.1, 0.15) is 50.9 Å². The minimum Gasteiger partial charge on any atom is -0.491 e. The summed E-state index contributed by atoms with van der Waals surface area (Å²) in [7, 11) is -4.04. The van der Waals surface area contributed by atoms with Crippen LogP contribution in [0.2, 0.25) is 0 Å². The third-order valence-electron chi connectivity index (χ3n) is 6.04. The van der Waals surface area contributed by atoms with E-state index in [9.17, 15) is 17.6 Å². The lowest BCUT2D eigenvalue weighted by Crippen LogP contribution is -2.37. The SMILES string of the molecule is CC(C)Oc1cc(F)cc(-c2ccc(C(=O)NS(=O)(=O)C3=CC=NC3)c(N3[C@H](C)CC[C@@H]3C)n2)c1. The number of rotatable bonds is 7. The van der Waals surface area contributed by atoms with Crippen LogP contribution in [0.25, 0.3) is 11.3 Å². The largest absolute Gasteiger partial charge is 0.491 e. The zero-order valence-electron chi connectivity index (χ0n) is 20.2. The van der Waals surface area contributed by atoms with Gasteiger partial charge >= 0.3 is 0 Å². The number of benzene rings is 1. The summed E-state index contributed by atoms with van der Waals surface area (Å²) in [5.74, 6) is -0.508. The van der Waals surface area contributed by atoms with Crippen LogP contribution < -0.4 is 14.4 Å². The lowest BCUT2D eigenvalue weighted by Gasteiger charge is -2.29. The van der Waals surface area contributed by atoms with Gasteiger partial charge in [-0.2, -0.15) is 0 Å². The van der Waals surface area contributed by atoms with E-state index in [2.05, 4.69) is 9.71 Å². The van der Waals surface area contributed by atoms with Gasteiger partial charge in [-0.1, -0.05) is 0 Å². The lowest BCUT2D eigenvalue weighted by molar-refractivity contribution is 0.0981. The highest BCUT2D eigenvalue weighted by molar-refractivity contribution is 7.94. The monoisotopic (exact) mass is 500 g/mol. The van der Waals surface area contributed by atoms with Crippen LogP contribution in [0.3, 0.4) is 0 Å². The van der Waals surface area contributed by atoms with Crippen molar-refractivity contribution in [3.05, 3.63) is 52.7 Å². The maximum absolute atomic E-state index is 14.4. The Morgan fingerprint density at radius 2 is 1.89 bits per heavy atom. The van der Waals surface area contributed by atoms with Crippen molar-refractivity contribution < 1.29 is 22.3 Å². The van der Waals surface area contributed by atoms with Gasteiger partial charge in [0.15, 0.2) is 0 Å². The van der Waals surface area contributed by atoms with E-state index in [-0.39, 0.29) is 35.2 Å². The molecule has 0 bridgehead atoms. The van der Waals surface area contributed by atoms with E-state index in [1.54, 1.807) is 12.1 Å². The second-order valence-corrected chi connectivity index (χ2v) is 10.9. The summed E-state index contributed by atoms with van der Waals surface area (Å²) in [6.07, 6.45) is 4.44. The molecule has 1 aromatic carbocycles. The van der Waals surface area contributed by atoms with Crippen molar-refractivity contribution >= 4 is 28.0 Å². The summed E-state index contributed by atoms with van der Waals surface area (Å²) in [6.45, 7) is 7.77. The predicted octanol–water partition coefficient (Wildman–Crippen LogP) is 4.08. The van der Waals surface area contributed by atoms with Gasteiger partial charge in [0.1, 0.15) is 17.4 Å². The second kappa shape index (κ2) is 9.77. The van der Waals surface area contributed by atoms with E-state index in [1.807, 2.05) is 32.6 Å². The number of pyridine rings is 1. The summed E-state index contributed by atoms with van der Waals surface area (Å²) in [6, 6.07) is 7.66. The number of hydrogen-bond acceptors (Lipinski definition) is 7. The standard InChI is InChI=1S/C25H29FN4O4S/c1-15(2)34-20-12-18(11-19(26)13-20)23-8-7-22(24(28-23)30-16(3)5-6-17(30)4)25(31)29-35(32,33)21-9-10-27-14-21/h7-13,15-17H,5-6,14H2,1-4H3,(H,29,31)/t16-,17+. The molecule has 0 saturated carbocycles. The Balaban J connectivity index is 1.76. The van der Waals surface area contributed by atoms with E-state index in [1.165, 1.54) is 30.5 Å². The number of amides is 1. The van der Waals surface area contributed by atoms with E-state index < -0.39 is 21.7 Å². The van der Waals surface area contributed by atoms with Gasteiger partial charge in [0.25, 0.3) is 15.9 Å². The third-order valence-corrected chi connectivity index (χ3v) is 7.45. The summed E-state index contributed by atoms with van der Waals surface area (Å²) >= 11 is 0. The van der Waals surface area contributed by atoms with Crippen LogP contribution in [-0.4, -0.2) is 50.3 Å². The number of anilines is 1. The Bertz CT molecular complexity index is 1300. The van der Waals surface area contributed by atoms with Crippen LogP contribution in [0.5, 0.6) is 5.75 Å². The minimum absolute atomic E-state index is 0.00674. The molecule has 1 saturated heterocycles. The maximum atomic E-state index is 14.4. The number of ether oxygens (including phenoxy) is 1. The van der Waals surface area contributed by atoms with Crippen LogP contribution in [0, 0.1) is 5.82 Å². The van der Waals surface area contributed by atoms with Gasteiger partial charge in [0.05, 0.1) is 28.8 Å². The predicted molar refractivity (Wildman–Crippen MR) is 134 cm³/mol. The summed E-state index contributed by atoms with van der Waals surface area (Å²) in [5.41, 5.74) is 1.08. The Morgan fingerprint density at radius 1 is 1.17 bits per heavy atom. The van der Waals surface area contributed by atoms with Gasteiger partial charge in [0, 0.05) is 29.9 Å². The Morgan fingerprint density at radius 3 is 2.51 bits per heavy atom.